The number of hydrogen-bond donors (Lipinski definition) is 0. The van der Waals surface area contributed by atoms with E-state index in [0.717, 1.165) is 0 Å². The van der Waals surface area contributed by atoms with Gasteiger partial charge in [-0.3, -0.25) is 10.1 Å². The molecule has 18 heavy (non-hydrogen) atoms. The highest BCUT2D eigenvalue weighted by atomic mass is 35.6. The van der Waals surface area contributed by atoms with Crippen molar-refractivity contribution in [3.05, 3.63) is 39.7 Å². The molecule has 2 rings (SSSR count). The van der Waals surface area contributed by atoms with Crippen molar-refractivity contribution in [2.45, 2.75) is 10.7 Å². The van der Waals surface area contributed by atoms with Crippen LogP contribution in [0.5, 0.6) is 0 Å². The molecular weight excluding hydrogens is 300 g/mol. The van der Waals surface area contributed by atoms with E-state index < -0.39 is 8.72 Å². The number of halogens is 3. The number of fused-ring (bicyclic) bond motifs is 1. The number of nitro benzene ring substituents is 1. The van der Waals surface area contributed by atoms with Gasteiger partial charge in [-0.25, -0.2) is 9.97 Å². The van der Waals surface area contributed by atoms with Crippen LogP contribution in [-0.4, -0.2) is 14.9 Å². The van der Waals surface area contributed by atoms with Gasteiger partial charge in [0.05, 0.1) is 21.7 Å². The maximum Gasteiger partial charge on any atom is 0.271 e. The Morgan fingerprint density at radius 2 is 1.89 bits per heavy atom. The Kier molecular flexibility index (Phi) is 3.31. The van der Waals surface area contributed by atoms with Crippen LogP contribution in [0.15, 0.2) is 18.2 Å². The molecule has 0 amide bonds. The summed E-state index contributed by atoms with van der Waals surface area (Å²) in [5, 5.41) is 10.7. The summed E-state index contributed by atoms with van der Waals surface area (Å²) in [6, 6.07) is 4.16. The first-order chi connectivity index (χ1) is 8.29. The monoisotopic (exact) mass is 305 g/mol. The van der Waals surface area contributed by atoms with E-state index >= 15 is 0 Å². The van der Waals surface area contributed by atoms with Crippen molar-refractivity contribution in [2.75, 3.05) is 0 Å². The van der Waals surface area contributed by atoms with E-state index in [1.807, 2.05) is 0 Å². The normalized spacial score (nSPS) is 11.8. The van der Waals surface area contributed by atoms with Crippen molar-refractivity contribution in [3.8, 4) is 0 Å². The molecule has 0 N–H and O–H groups in total. The van der Waals surface area contributed by atoms with Crippen molar-refractivity contribution >= 4 is 51.5 Å². The third-order valence-corrected chi connectivity index (χ3v) is 2.84. The van der Waals surface area contributed by atoms with E-state index in [4.69, 9.17) is 34.8 Å². The van der Waals surface area contributed by atoms with E-state index in [2.05, 4.69) is 9.97 Å². The van der Waals surface area contributed by atoms with Gasteiger partial charge < -0.3 is 0 Å². The molecule has 5 nitrogen and oxygen atoms in total. The standard InChI is InChI=1S/C10H6Cl3N3O2/c1-5-9(10(11,12)13)15-8-4-6(16(17)18)2-3-7(8)14-5/h2-4H,1H3. The predicted octanol–water partition coefficient (Wildman–Crippen LogP) is 3.67. The zero-order valence-electron chi connectivity index (χ0n) is 9.02. The number of alkyl halides is 3. The fourth-order valence-electron chi connectivity index (χ4n) is 1.51. The Labute approximate surface area is 117 Å². The van der Waals surface area contributed by atoms with Crippen molar-refractivity contribution in [1.29, 1.82) is 0 Å². The summed E-state index contributed by atoms with van der Waals surface area (Å²) in [5.41, 5.74) is 1.37. The van der Waals surface area contributed by atoms with Gasteiger partial charge in [0.2, 0.25) is 3.79 Å². The molecule has 0 atom stereocenters. The van der Waals surface area contributed by atoms with E-state index in [1.54, 1.807) is 6.92 Å². The maximum absolute atomic E-state index is 10.7. The molecule has 1 aromatic carbocycles. The highest BCUT2D eigenvalue weighted by Crippen LogP contribution is 2.38. The minimum atomic E-state index is -1.71. The minimum Gasteiger partial charge on any atom is -0.258 e. The highest BCUT2D eigenvalue weighted by Gasteiger charge is 2.28. The van der Waals surface area contributed by atoms with Gasteiger partial charge in [0, 0.05) is 12.1 Å². The third-order valence-electron chi connectivity index (χ3n) is 2.30. The summed E-state index contributed by atoms with van der Waals surface area (Å²) < 4.78 is -1.71. The molecular formula is C10H6Cl3N3O2. The summed E-state index contributed by atoms with van der Waals surface area (Å²) in [5.74, 6) is 0. The van der Waals surface area contributed by atoms with Crippen LogP contribution >= 0.6 is 34.8 Å². The van der Waals surface area contributed by atoms with Crippen LogP contribution in [0, 0.1) is 17.0 Å². The second-order valence-corrected chi connectivity index (χ2v) is 5.87. The van der Waals surface area contributed by atoms with Gasteiger partial charge in [-0.1, -0.05) is 34.8 Å². The zero-order chi connectivity index (χ0) is 13.5. The highest BCUT2D eigenvalue weighted by molar-refractivity contribution is 6.66. The Morgan fingerprint density at radius 1 is 1.22 bits per heavy atom. The van der Waals surface area contributed by atoms with Gasteiger partial charge in [0.1, 0.15) is 5.69 Å². The molecule has 0 unspecified atom stereocenters. The molecule has 0 aliphatic heterocycles. The molecule has 0 bridgehead atoms. The quantitative estimate of drug-likeness (QED) is 0.458. The van der Waals surface area contributed by atoms with Gasteiger partial charge in [0.25, 0.3) is 5.69 Å². The summed E-state index contributed by atoms with van der Waals surface area (Å²) in [6.45, 7) is 1.66. The lowest BCUT2D eigenvalue weighted by Gasteiger charge is -2.13. The Hall–Kier alpha value is -1.17. The summed E-state index contributed by atoms with van der Waals surface area (Å²) >= 11 is 17.3. The molecule has 0 aliphatic carbocycles. The number of benzene rings is 1. The molecule has 0 saturated heterocycles. The molecule has 1 heterocycles. The van der Waals surface area contributed by atoms with Crippen LogP contribution in [0.25, 0.3) is 11.0 Å². The van der Waals surface area contributed by atoms with E-state index in [1.165, 1.54) is 18.2 Å². The van der Waals surface area contributed by atoms with Crippen molar-refractivity contribution < 1.29 is 4.92 Å². The average Bonchev–Trinajstić information content (AvgIpc) is 2.25. The SMILES string of the molecule is Cc1nc2ccc([N+](=O)[O-])cc2nc1C(Cl)(Cl)Cl. The van der Waals surface area contributed by atoms with Gasteiger partial charge in [0.15, 0.2) is 0 Å². The molecule has 8 heteroatoms. The van der Waals surface area contributed by atoms with Crippen LogP contribution in [0.2, 0.25) is 0 Å². The summed E-state index contributed by atoms with van der Waals surface area (Å²) in [6.07, 6.45) is 0. The number of hydrogen-bond acceptors (Lipinski definition) is 4. The molecule has 0 fully saturated rings. The van der Waals surface area contributed by atoms with Crippen LogP contribution in [0.1, 0.15) is 11.4 Å². The summed E-state index contributed by atoms with van der Waals surface area (Å²) in [4.78, 5) is 18.5. The number of nitrogens with zero attached hydrogens (tertiary/aromatic N) is 3. The number of aryl methyl sites for hydroxylation is 1. The average molecular weight is 307 g/mol. The predicted molar refractivity (Wildman–Crippen MR) is 70.2 cm³/mol. The van der Waals surface area contributed by atoms with Crippen molar-refractivity contribution in [1.82, 2.24) is 9.97 Å². The smallest absolute Gasteiger partial charge is 0.258 e. The lowest BCUT2D eigenvalue weighted by Crippen LogP contribution is -2.08. The Balaban J connectivity index is 2.71. The molecule has 0 aliphatic rings. The lowest BCUT2D eigenvalue weighted by molar-refractivity contribution is -0.384. The number of nitro groups is 1. The van der Waals surface area contributed by atoms with E-state index in [-0.39, 0.29) is 11.4 Å². The summed E-state index contributed by atoms with van der Waals surface area (Å²) in [7, 11) is 0. The third kappa shape index (κ3) is 2.48. The first-order valence-corrected chi connectivity index (χ1v) is 5.92. The van der Waals surface area contributed by atoms with Gasteiger partial charge >= 0.3 is 0 Å². The van der Waals surface area contributed by atoms with Crippen LogP contribution in [-0.2, 0) is 3.79 Å². The van der Waals surface area contributed by atoms with Crippen LogP contribution in [0.4, 0.5) is 5.69 Å². The molecule has 94 valence electrons. The zero-order valence-corrected chi connectivity index (χ0v) is 11.3. The second-order valence-electron chi connectivity index (χ2n) is 3.59. The first-order valence-electron chi connectivity index (χ1n) is 4.79. The maximum atomic E-state index is 10.7. The van der Waals surface area contributed by atoms with Crippen LogP contribution < -0.4 is 0 Å². The molecule has 0 radical (unpaired) electrons. The number of non-ortho nitro benzene ring substituents is 1. The fraction of sp³-hybridized carbons (Fsp3) is 0.200. The lowest BCUT2D eigenvalue weighted by atomic mass is 10.2. The Morgan fingerprint density at radius 3 is 2.44 bits per heavy atom. The van der Waals surface area contributed by atoms with Crippen LogP contribution in [0.3, 0.4) is 0 Å². The van der Waals surface area contributed by atoms with Crippen molar-refractivity contribution in [3.63, 3.8) is 0 Å². The van der Waals surface area contributed by atoms with E-state index in [9.17, 15) is 10.1 Å². The molecule has 0 spiro atoms. The van der Waals surface area contributed by atoms with Gasteiger partial charge in [-0.15, -0.1) is 0 Å². The number of rotatable bonds is 1. The van der Waals surface area contributed by atoms with E-state index in [0.29, 0.717) is 16.7 Å². The van der Waals surface area contributed by atoms with Gasteiger partial charge in [-0.2, -0.15) is 0 Å². The fourth-order valence-corrected chi connectivity index (χ4v) is 2.05. The Bertz CT molecular complexity index is 640. The minimum absolute atomic E-state index is 0.0871. The largest absolute Gasteiger partial charge is 0.271 e. The second kappa shape index (κ2) is 4.50. The number of aromatic nitrogens is 2. The first kappa shape index (κ1) is 13.3. The van der Waals surface area contributed by atoms with Crippen molar-refractivity contribution in [2.24, 2.45) is 0 Å². The molecule has 1 aromatic heterocycles. The molecule has 2 aromatic rings. The van der Waals surface area contributed by atoms with Gasteiger partial charge in [-0.05, 0) is 13.0 Å². The molecule has 0 saturated carbocycles. The topological polar surface area (TPSA) is 68.9 Å².